The van der Waals surface area contributed by atoms with Gasteiger partial charge in [-0.3, -0.25) is 28.8 Å². The average molecular weight is 789 g/mol. The van der Waals surface area contributed by atoms with Crippen LogP contribution in [0.4, 0.5) is 0 Å². The molecule has 0 aliphatic carbocycles. The number of phenolic OH excluding ortho intramolecular Hbond substituents is 1. The monoisotopic (exact) mass is 788 g/mol. The van der Waals surface area contributed by atoms with Gasteiger partial charge in [-0.2, -0.15) is 0 Å². The molecule has 3 aromatic rings. The lowest BCUT2D eigenvalue weighted by molar-refractivity contribution is -0.139. The predicted molar refractivity (Wildman–Crippen MR) is 192 cm³/mol. The van der Waals surface area contributed by atoms with Crippen LogP contribution in [0.3, 0.4) is 0 Å². The molecule has 0 spiro atoms. The Morgan fingerprint density at radius 2 is 1.69 bits per heavy atom. The lowest BCUT2D eigenvalue weighted by atomic mass is 10.1. The zero-order valence-corrected chi connectivity index (χ0v) is 30.8. The van der Waals surface area contributed by atoms with Gasteiger partial charge < -0.3 is 52.2 Å². The van der Waals surface area contributed by atoms with Crippen LogP contribution in [0.2, 0.25) is 0 Å². The lowest BCUT2D eigenvalue weighted by Crippen LogP contribution is -2.59. The normalized spacial score (nSPS) is 15.9. The number of aromatic amines is 1. The molecule has 1 aliphatic heterocycles. The molecule has 22 heteroatoms. The number of aryl methyl sites for hydroxylation is 1. The maximum Gasteiger partial charge on any atom is 0.245 e. The van der Waals surface area contributed by atoms with E-state index >= 15 is 0 Å². The number of hydrogen-bond donors (Lipinski definition) is 9. The molecular formula is C33H44N10O11S. The standard InChI is InChI=1S/C33H44N10O11S/c1-42(2)55(53,54)26-9-8-25(46)29-20(26)7-5-18(38-29)12-21(31(50)41-23(16-45)32(51)40-22(15-44)30(34)49)39-27(47)14-36-33(52)24-4-3-11-43(24)28(48)10-6-19-13-35-17-37-19/h5,7-9,13,17,21-24,44-46H,3-4,6,10-12,14-16H2,1-2H3,(H2,34,49)(H,35,37)(H,36,52)(H,39,47)(H,40,51)(H,41,50)/t21-,22-,23-,24-/m0/s1. The number of pyridine rings is 1. The molecule has 4 rings (SSSR count). The van der Waals surface area contributed by atoms with E-state index < -0.39 is 89.9 Å². The molecule has 0 unspecified atom stereocenters. The Balaban J connectivity index is 1.52. The van der Waals surface area contributed by atoms with Crippen LogP contribution in [0.25, 0.3) is 10.9 Å². The van der Waals surface area contributed by atoms with Crippen molar-refractivity contribution in [2.45, 2.75) is 61.2 Å². The van der Waals surface area contributed by atoms with Gasteiger partial charge in [0, 0.05) is 56.5 Å². The van der Waals surface area contributed by atoms with Crippen molar-refractivity contribution in [1.82, 2.24) is 45.4 Å². The van der Waals surface area contributed by atoms with Crippen LogP contribution < -0.4 is 27.0 Å². The van der Waals surface area contributed by atoms with E-state index in [1.807, 2.05) is 0 Å². The van der Waals surface area contributed by atoms with Crippen LogP contribution >= 0.6 is 0 Å². The summed E-state index contributed by atoms with van der Waals surface area (Å²) in [5.74, 6) is -5.31. The SMILES string of the molecule is CN(C)S(=O)(=O)c1ccc(O)c2nc(C[C@H](NC(=O)CNC(=O)[C@@H]3CCCN3C(=O)CCc3cnc[nH]3)C(=O)N[C@@H](CO)C(=O)N[C@@H](CO)C(N)=O)ccc12. The Labute approximate surface area is 315 Å². The number of primary amides is 1. The van der Waals surface area contributed by atoms with Gasteiger partial charge in [0.05, 0.1) is 31.0 Å². The van der Waals surface area contributed by atoms with Crippen molar-refractivity contribution in [2.24, 2.45) is 5.73 Å². The lowest BCUT2D eigenvalue weighted by Gasteiger charge is -2.25. The van der Waals surface area contributed by atoms with E-state index in [0.717, 1.165) is 16.1 Å². The predicted octanol–water partition coefficient (Wildman–Crippen LogP) is -3.88. The molecular weight excluding hydrogens is 744 g/mol. The summed E-state index contributed by atoms with van der Waals surface area (Å²) in [5, 5.41) is 39.1. The third kappa shape index (κ3) is 10.5. The highest BCUT2D eigenvalue weighted by atomic mass is 32.2. The molecule has 0 bridgehead atoms. The number of nitrogens with two attached hydrogens (primary N) is 1. The van der Waals surface area contributed by atoms with Crippen LogP contribution in [0.1, 0.15) is 30.7 Å². The number of nitrogens with zero attached hydrogens (tertiary/aromatic N) is 4. The molecule has 2 aromatic heterocycles. The number of rotatable bonds is 18. The summed E-state index contributed by atoms with van der Waals surface area (Å²) < 4.78 is 26.8. The first-order valence-electron chi connectivity index (χ1n) is 17.1. The number of phenols is 1. The number of nitrogens with one attached hydrogen (secondary N) is 5. The van der Waals surface area contributed by atoms with Crippen LogP contribution in [-0.2, 0) is 51.6 Å². The molecule has 21 nitrogen and oxygen atoms in total. The number of benzene rings is 1. The number of H-pyrrole nitrogens is 1. The van der Waals surface area contributed by atoms with Crippen molar-refractivity contribution < 1.29 is 52.5 Å². The molecule has 1 saturated heterocycles. The summed E-state index contributed by atoms with van der Waals surface area (Å²) in [7, 11) is -1.31. The van der Waals surface area contributed by atoms with Gasteiger partial charge in [-0.25, -0.2) is 22.7 Å². The molecule has 1 fully saturated rings. The fourth-order valence-corrected chi connectivity index (χ4v) is 6.87. The first-order chi connectivity index (χ1) is 26.1. The smallest absolute Gasteiger partial charge is 0.245 e. The van der Waals surface area contributed by atoms with Crippen molar-refractivity contribution in [1.29, 1.82) is 0 Å². The third-order valence-electron chi connectivity index (χ3n) is 8.80. The number of aliphatic hydroxyl groups is 2. The second-order valence-corrected chi connectivity index (χ2v) is 14.9. The van der Waals surface area contributed by atoms with Crippen LogP contribution in [0, 0.1) is 0 Å². The van der Waals surface area contributed by atoms with E-state index in [1.54, 1.807) is 6.20 Å². The van der Waals surface area contributed by atoms with Gasteiger partial charge in [-0.15, -0.1) is 0 Å². The number of imidazole rings is 1. The Morgan fingerprint density at radius 1 is 1.00 bits per heavy atom. The number of carbonyl (C=O) groups is 6. The average Bonchev–Trinajstić information content (AvgIpc) is 3.87. The summed E-state index contributed by atoms with van der Waals surface area (Å²) in [6, 6.07) is -0.538. The number of aromatic nitrogens is 3. The Bertz CT molecular complexity index is 2010. The molecule has 6 amide bonds. The van der Waals surface area contributed by atoms with Gasteiger partial charge in [0.2, 0.25) is 45.5 Å². The summed E-state index contributed by atoms with van der Waals surface area (Å²) >= 11 is 0. The van der Waals surface area contributed by atoms with Crippen molar-refractivity contribution in [3.05, 3.63) is 48.2 Å². The van der Waals surface area contributed by atoms with E-state index in [1.165, 1.54) is 43.5 Å². The fourth-order valence-electron chi connectivity index (χ4n) is 5.79. The number of carbonyl (C=O) groups excluding carboxylic acids is 6. The van der Waals surface area contributed by atoms with E-state index in [-0.39, 0.29) is 39.6 Å². The van der Waals surface area contributed by atoms with E-state index in [4.69, 9.17) is 5.73 Å². The summed E-state index contributed by atoms with van der Waals surface area (Å²) in [5.41, 5.74) is 5.84. The molecule has 55 heavy (non-hydrogen) atoms. The quantitative estimate of drug-likeness (QED) is 0.0597. The number of hydrogen-bond acceptors (Lipinski definition) is 13. The van der Waals surface area contributed by atoms with Gasteiger partial charge in [0.15, 0.2) is 0 Å². The summed E-state index contributed by atoms with van der Waals surface area (Å²) in [6.45, 7) is -2.13. The van der Waals surface area contributed by atoms with Crippen LogP contribution in [0.15, 0.2) is 41.7 Å². The van der Waals surface area contributed by atoms with Gasteiger partial charge in [0.1, 0.15) is 35.4 Å². The van der Waals surface area contributed by atoms with E-state index in [2.05, 4.69) is 36.2 Å². The highest BCUT2D eigenvalue weighted by molar-refractivity contribution is 7.89. The van der Waals surface area contributed by atoms with Gasteiger partial charge in [-0.05, 0) is 43.5 Å². The Kier molecular flexibility index (Phi) is 14.2. The molecule has 298 valence electrons. The largest absolute Gasteiger partial charge is 0.506 e. The topological polar surface area (TPSA) is 319 Å². The minimum atomic E-state index is -3.97. The maximum atomic E-state index is 13.6. The summed E-state index contributed by atoms with van der Waals surface area (Å²) in [4.78, 5) is 89.6. The maximum absolute atomic E-state index is 13.6. The third-order valence-corrected chi connectivity index (χ3v) is 10.7. The van der Waals surface area contributed by atoms with Gasteiger partial charge >= 0.3 is 0 Å². The van der Waals surface area contributed by atoms with Crippen molar-refractivity contribution in [2.75, 3.05) is 40.4 Å². The van der Waals surface area contributed by atoms with Crippen molar-refractivity contribution >= 4 is 56.4 Å². The number of sulfonamides is 1. The second-order valence-electron chi connectivity index (χ2n) is 12.8. The van der Waals surface area contributed by atoms with Gasteiger partial charge in [-0.1, -0.05) is 0 Å². The zero-order valence-electron chi connectivity index (χ0n) is 30.0. The fraction of sp³-hybridized carbons (Fsp3) is 0.455. The zero-order chi connectivity index (χ0) is 40.4. The van der Waals surface area contributed by atoms with Crippen molar-refractivity contribution in [3.8, 4) is 5.75 Å². The second kappa shape index (κ2) is 18.6. The highest BCUT2D eigenvalue weighted by Gasteiger charge is 2.35. The Morgan fingerprint density at radius 3 is 2.33 bits per heavy atom. The number of aliphatic hydroxyl groups excluding tert-OH is 2. The van der Waals surface area contributed by atoms with E-state index in [0.29, 0.717) is 25.8 Å². The van der Waals surface area contributed by atoms with Crippen LogP contribution in [-0.4, -0.2) is 148 Å². The first-order valence-corrected chi connectivity index (χ1v) is 18.5. The molecule has 10 N–H and O–H groups in total. The molecule has 0 saturated carbocycles. The molecule has 1 aliphatic rings. The summed E-state index contributed by atoms with van der Waals surface area (Å²) in [6.07, 6.45) is 4.13. The van der Waals surface area contributed by atoms with Gasteiger partial charge in [0.25, 0.3) is 0 Å². The minimum Gasteiger partial charge on any atom is -0.506 e. The van der Waals surface area contributed by atoms with Crippen molar-refractivity contribution in [3.63, 3.8) is 0 Å². The van der Waals surface area contributed by atoms with Crippen LogP contribution in [0.5, 0.6) is 5.75 Å². The molecule has 0 radical (unpaired) electrons. The van der Waals surface area contributed by atoms with E-state index in [9.17, 15) is 52.5 Å². The number of amides is 6. The highest BCUT2D eigenvalue weighted by Crippen LogP contribution is 2.30. The number of fused-ring (bicyclic) bond motifs is 1. The Hall–Kier alpha value is -5.71. The molecule has 3 heterocycles. The molecule has 1 aromatic carbocycles. The molecule has 4 atom stereocenters. The minimum absolute atomic E-state index is 0.0656. The first kappa shape index (κ1) is 42.0. The number of aromatic hydroxyl groups is 1. The number of likely N-dealkylation sites (tertiary alicyclic amines) is 1.